The zero-order valence-corrected chi connectivity index (χ0v) is 13.9. The van der Waals surface area contributed by atoms with Crippen molar-refractivity contribution in [3.63, 3.8) is 0 Å². The Morgan fingerprint density at radius 3 is 3.04 bits per heavy atom. The Bertz CT molecular complexity index is 949. The highest BCUT2D eigenvalue weighted by molar-refractivity contribution is 7.17. The van der Waals surface area contributed by atoms with Gasteiger partial charge >= 0.3 is 0 Å². The lowest BCUT2D eigenvalue weighted by molar-refractivity contribution is 0.0976. The van der Waals surface area contributed by atoms with Crippen LogP contribution in [0.1, 0.15) is 47.2 Å². The van der Waals surface area contributed by atoms with Gasteiger partial charge in [0.2, 0.25) is 0 Å². The summed E-state index contributed by atoms with van der Waals surface area (Å²) in [4.78, 5) is 13.1. The van der Waals surface area contributed by atoms with Gasteiger partial charge in [0.05, 0.1) is 6.07 Å². The van der Waals surface area contributed by atoms with Crippen LogP contribution in [0.4, 0.5) is 0 Å². The van der Waals surface area contributed by atoms with Gasteiger partial charge in [0.25, 0.3) is 0 Å². The van der Waals surface area contributed by atoms with Crippen LogP contribution in [0.15, 0.2) is 29.6 Å². The summed E-state index contributed by atoms with van der Waals surface area (Å²) in [6, 6.07) is 9.79. The third-order valence-electron chi connectivity index (χ3n) is 4.53. The monoisotopic (exact) mass is 336 g/mol. The first-order valence-electron chi connectivity index (χ1n) is 8.11. The predicted octanol–water partition coefficient (Wildman–Crippen LogP) is 3.71. The molecule has 4 rings (SSSR count). The molecule has 120 valence electrons. The second kappa shape index (κ2) is 6.17. The molecule has 5 nitrogen and oxygen atoms in total. The van der Waals surface area contributed by atoms with E-state index in [9.17, 15) is 10.1 Å². The van der Waals surface area contributed by atoms with Crippen LogP contribution in [0, 0.1) is 11.3 Å². The van der Waals surface area contributed by atoms with E-state index < -0.39 is 5.92 Å². The smallest absolute Gasteiger partial charge is 0.189 e. The highest BCUT2D eigenvalue weighted by Gasteiger charge is 2.30. The van der Waals surface area contributed by atoms with E-state index in [1.165, 1.54) is 11.3 Å². The molecule has 3 aromatic rings. The van der Waals surface area contributed by atoms with Gasteiger partial charge in [-0.05, 0) is 35.7 Å². The van der Waals surface area contributed by atoms with Crippen LogP contribution in [-0.4, -0.2) is 20.5 Å². The van der Waals surface area contributed by atoms with Crippen LogP contribution in [0.25, 0.3) is 10.1 Å². The molecule has 0 bridgehead atoms. The van der Waals surface area contributed by atoms with Crippen LogP contribution in [0.3, 0.4) is 0 Å². The average molecular weight is 336 g/mol. The first-order chi connectivity index (χ1) is 11.8. The third kappa shape index (κ3) is 2.42. The number of aromatic nitrogens is 3. The van der Waals surface area contributed by atoms with E-state index in [1.807, 2.05) is 28.1 Å². The number of benzene rings is 1. The van der Waals surface area contributed by atoms with Crippen molar-refractivity contribution in [2.75, 3.05) is 0 Å². The molecule has 0 radical (unpaired) electrons. The Morgan fingerprint density at radius 2 is 2.17 bits per heavy atom. The van der Waals surface area contributed by atoms with Gasteiger partial charge in [0.15, 0.2) is 17.5 Å². The molecule has 0 saturated carbocycles. The summed E-state index contributed by atoms with van der Waals surface area (Å²) in [6.07, 6.45) is 4.12. The number of hydrogen-bond donors (Lipinski definition) is 0. The van der Waals surface area contributed by atoms with Gasteiger partial charge in [-0.3, -0.25) is 4.79 Å². The number of aryl methyl sites for hydroxylation is 1. The predicted molar refractivity (Wildman–Crippen MR) is 92.1 cm³/mol. The van der Waals surface area contributed by atoms with Crippen LogP contribution < -0.4 is 0 Å². The fourth-order valence-corrected chi connectivity index (χ4v) is 4.22. The summed E-state index contributed by atoms with van der Waals surface area (Å²) in [5.41, 5.74) is 0.597. The van der Waals surface area contributed by atoms with Crippen LogP contribution in [-0.2, 0) is 13.0 Å². The zero-order valence-electron chi connectivity index (χ0n) is 13.1. The van der Waals surface area contributed by atoms with Gasteiger partial charge < -0.3 is 4.57 Å². The van der Waals surface area contributed by atoms with Gasteiger partial charge in [-0.15, -0.1) is 21.5 Å². The van der Waals surface area contributed by atoms with Gasteiger partial charge in [0.1, 0.15) is 5.82 Å². The molecule has 1 atom stereocenters. The number of rotatable bonds is 3. The highest BCUT2D eigenvalue weighted by Crippen LogP contribution is 2.29. The van der Waals surface area contributed by atoms with Crippen molar-refractivity contribution in [3.05, 3.63) is 46.9 Å². The molecule has 6 heteroatoms. The number of Topliss-reactive ketones (excluding diaryl/α,β-unsaturated/α-hetero) is 1. The third-order valence-corrected chi connectivity index (χ3v) is 5.50. The minimum absolute atomic E-state index is 0.190. The Balaban J connectivity index is 1.77. The van der Waals surface area contributed by atoms with Gasteiger partial charge in [0, 0.05) is 23.2 Å². The lowest BCUT2D eigenvalue weighted by Gasteiger charge is -2.11. The van der Waals surface area contributed by atoms with Crippen molar-refractivity contribution in [1.29, 1.82) is 5.26 Å². The van der Waals surface area contributed by atoms with Crippen molar-refractivity contribution in [3.8, 4) is 6.07 Å². The Hall–Kier alpha value is -2.52. The van der Waals surface area contributed by atoms with Crippen molar-refractivity contribution in [1.82, 2.24) is 14.8 Å². The van der Waals surface area contributed by atoms with Crippen LogP contribution >= 0.6 is 11.3 Å². The Kier molecular flexibility index (Phi) is 3.87. The normalized spacial score (nSPS) is 15.5. The summed E-state index contributed by atoms with van der Waals surface area (Å²) in [6.45, 7) is 0.784. The molecule has 0 spiro atoms. The second-order valence-corrected chi connectivity index (χ2v) is 6.92. The van der Waals surface area contributed by atoms with E-state index in [0.717, 1.165) is 48.1 Å². The molecule has 1 aliphatic rings. The topological polar surface area (TPSA) is 71.6 Å². The maximum absolute atomic E-state index is 13.1. The van der Waals surface area contributed by atoms with Gasteiger partial charge in [-0.25, -0.2) is 0 Å². The van der Waals surface area contributed by atoms with Gasteiger partial charge in [-0.2, -0.15) is 5.26 Å². The fraction of sp³-hybridized carbons (Fsp3) is 0.333. The number of fused-ring (bicyclic) bond motifs is 2. The largest absolute Gasteiger partial charge is 0.313 e. The van der Waals surface area contributed by atoms with E-state index in [1.54, 1.807) is 6.07 Å². The number of carbonyl (C=O) groups is 1. The standard InChI is InChI=1S/C18H16N4OS/c19-11-14(18-21-20-15-7-2-1-3-9-22(15)18)16(23)13-6-4-5-12-8-10-24-17(12)13/h4-6,8,10,14H,1-3,7,9H2/t14-/m0/s1. The molecule has 0 saturated heterocycles. The number of ketones is 1. The maximum Gasteiger partial charge on any atom is 0.189 e. The molecule has 24 heavy (non-hydrogen) atoms. The van der Waals surface area contributed by atoms with E-state index in [0.29, 0.717) is 11.4 Å². The minimum Gasteiger partial charge on any atom is -0.313 e. The lowest BCUT2D eigenvalue weighted by atomic mass is 9.97. The maximum atomic E-state index is 13.1. The summed E-state index contributed by atoms with van der Waals surface area (Å²) in [5, 5.41) is 21.1. The highest BCUT2D eigenvalue weighted by atomic mass is 32.1. The molecule has 0 unspecified atom stereocenters. The van der Waals surface area contributed by atoms with Crippen molar-refractivity contribution in [2.45, 2.75) is 38.1 Å². The van der Waals surface area contributed by atoms with E-state index in [4.69, 9.17) is 0 Å². The SMILES string of the molecule is N#C[C@@H](C(=O)c1cccc2ccsc12)c1nnc2n1CCCCC2. The van der Waals surface area contributed by atoms with E-state index >= 15 is 0 Å². The molecule has 3 heterocycles. The summed E-state index contributed by atoms with van der Waals surface area (Å²) >= 11 is 1.53. The van der Waals surface area contributed by atoms with Crippen molar-refractivity contribution in [2.24, 2.45) is 0 Å². The first-order valence-corrected chi connectivity index (χ1v) is 8.99. The molecule has 0 aliphatic carbocycles. The Morgan fingerprint density at radius 1 is 1.25 bits per heavy atom. The second-order valence-electron chi connectivity index (χ2n) is 6.01. The first kappa shape index (κ1) is 15.0. The summed E-state index contributed by atoms with van der Waals surface area (Å²) < 4.78 is 2.91. The summed E-state index contributed by atoms with van der Waals surface area (Å²) in [7, 11) is 0. The summed E-state index contributed by atoms with van der Waals surface area (Å²) in [5.74, 6) is 0.292. The van der Waals surface area contributed by atoms with Crippen LogP contribution in [0.5, 0.6) is 0 Å². The van der Waals surface area contributed by atoms with E-state index in [-0.39, 0.29) is 5.78 Å². The van der Waals surface area contributed by atoms with Gasteiger partial charge in [-0.1, -0.05) is 18.6 Å². The quantitative estimate of drug-likeness (QED) is 0.684. The van der Waals surface area contributed by atoms with E-state index in [2.05, 4.69) is 16.3 Å². The molecule has 1 aliphatic heterocycles. The van der Waals surface area contributed by atoms with Crippen molar-refractivity contribution < 1.29 is 4.79 Å². The number of carbonyl (C=O) groups excluding carboxylic acids is 1. The Labute approximate surface area is 143 Å². The number of thiophene rings is 1. The molecule has 0 amide bonds. The van der Waals surface area contributed by atoms with Crippen LogP contribution in [0.2, 0.25) is 0 Å². The number of nitrogens with zero attached hydrogens (tertiary/aromatic N) is 4. The molecule has 2 aromatic heterocycles. The number of hydrogen-bond acceptors (Lipinski definition) is 5. The van der Waals surface area contributed by atoms with Crippen molar-refractivity contribution >= 4 is 27.2 Å². The molecule has 0 fully saturated rings. The zero-order chi connectivity index (χ0) is 16.5. The molecule has 1 aromatic carbocycles. The minimum atomic E-state index is -0.906. The molecular formula is C18H16N4OS. The number of nitriles is 1. The molecule has 0 N–H and O–H groups in total. The molecular weight excluding hydrogens is 320 g/mol. The average Bonchev–Trinajstić information content (AvgIpc) is 3.16. The fourth-order valence-electron chi connectivity index (χ4n) is 3.30. The lowest BCUT2D eigenvalue weighted by Crippen LogP contribution is -2.17.